The molecule has 0 atom stereocenters. The molecule has 5 heteroatoms. The molecular weight excluding hydrogens is 286 g/mol. The molecule has 0 radical (unpaired) electrons. The van der Waals surface area contributed by atoms with Crippen LogP contribution >= 0.6 is 12.4 Å². The van der Waals surface area contributed by atoms with Gasteiger partial charge in [-0.05, 0) is 17.7 Å². The SMILES string of the molecule is Cl.N=c1o[n-][n+](CCc2ccccc2)c1-c1ccccc1. The first-order valence-corrected chi connectivity index (χ1v) is 6.55. The maximum Gasteiger partial charge on any atom is 0.273 e. The molecule has 0 aliphatic rings. The highest BCUT2D eigenvalue weighted by atomic mass is 35.5. The third-order valence-electron chi connectivity index (χ3n) is 3.21. The second-order valence-electron chi connectivity index (χ2n) is 4.58. The Morgan fingerprint density at radius 2 is 1.57 bits per heavy atom. The van der Waals surface area contributed by atoms with Gasteiger partial charge in [-0.1, -0.05) is 48.5 Å². The predicted octanol–water partition coefficient (Wildman–Crippen LogP) is 2.34. The van der Waals surface area contributed by atoms with E-state index in [1.165, 1.54) is 5.56 Å². The predicted molar refractivity (Wildman–Crippen MR) is 80.9 cm³/mol. The van der Waals surface area contributed by atoms with Gasteiger partial charge in [0.15, 0.2) is 0 Å². The van der Waals surface area contributed by atoms with Crippen LogP contribution in [0.3, 0.4) is 0 Å². The molecule has 3 aromatic rings. The van der Waals surface area contributed by atoms with Crippen molar-refractivity contribution in [3.8, 4) is 11.3 Å². The molecule has 1 aromatic heterocycles. The second kappa shape index (κ2) is 6.90. The van der Waals surface area contributed by atoms with Crippen LogP contribution in [0.4, 0.5) is 0 Å². The fourth-order valence-corrected chi connectivity index (χ4v) is 2.20. The van der Waals surface area contributed by atoms with Crippen molar-refractivity contribution in [2.45, 2.75) is 13.0 Å². The van der Waals surface area contributed by atoms with Crippen LogP contribution in [0.25, 0.3) is 11.3 Å². The molecule has 108 valence electrons. The summed E-state index contributed by atoms with van der Waals surface area (Å²) in [5.74, 6) is 0. The standard InChI is InChI=1S/C16H15N3O.ClH/c17-16-15(14-9-5-2-6-10-14)19(18-20-16)12-11-13-7-3-1-4-8-13;/h1-10,17H,11-12H2;1H. The average molecular weight is 302 g/mol. The van der Waals surface area contributed by atoms with Gasteiger partial charge in [0, 0.05) is 6.42 Å². The molecule has 0 saturated heterocycles. The van der Waals surface area contributed by atoms with Crippen molar-refractivity contribution in [3.05, 3.63) is 71.8 Å². The molecule has 1 N–H and O–H groups in total. The maximum absolute atomic E-state index is 7.86. The second-order valence-corrected chi connectivity index (χ2v) is 4.58. The fourth-order valence-electron chi connectivity index (χ4n) is 2.20. The van der Waals surface area contributed by atoms with Crippen molar-refractivity contribution in [2.24, 2.45) is 0 Å². The van der Waals surface area contributed by atoms with Crippen LogP contribution in [0.1, 0.15) is 5.56 Å². The molecule has 0 amide bonds. The van der Waals surface area contributed by atoms with Gasteiger partial charge in [0.25, 0.3) is 11.2 Å². The highest BCUT2D eigenvalue weighted by Crippen LogP contribution is 2.10. The summed E-state index contributed by atoms with van der Waals surface area (Å²) in [6, 6.07) is 20.0. The molecular formula is C16H16ClN3O. The normalized spacial score (nSPS) is 10.1. The molecule has 0 saturated carbocycles. The summed E-state index contributed by atoms with van der Waals surface area (Å²) >= 11 is 0. The lowest BCUT2D eigenvalue weighted by atomic mass is 10.1. The van der Waals surface area contributed by atoms with Gasteiger partial charge in [0.05, 0.1) is 5.56 Å². The Hall–Kier alpha value is -2.33. The molecule has 21 heavy (non-hydrogen) atoms. The molecule has 2 aromatic carbocycles. The summed E-state index contributed by atoms with van der Waals surface area (Å²) in [7, 11) is 0. The van der Waals surface area contributed by atoms with Crippen molar-refractivity contribution < 1.29 is 9.20 Å². The van der Waals surface area contributed by atoms with Crippen LogP contribution in [0.5, 0.6) is 0 Å². The van der Waals surface area contributed by atoms with Crippen LogP contribution in [0.2, 0.25) is 0 Å². The average Bonchev–Trinajstić information content (AvgIpc) is 2.88. The van der Waals surface area contributed by atoms with Crippen molar-refractivity contribution in [1.29, 1.82) is 5.41 Å². The number of rotatable bonds is 4. The van der Waals surface area contributed by atoms with E-state index in [1.54, 1.807) is 4.68 Å². The van der Waals surface area contributed by atoms with E-state index in [1.807, 2.05) is 48.5 Å². The Labute approximate surface area is 128 Å². The minimum atomic E-state index is 0. The summed E-state index contributed by atoms with van der Waals surface area (Å²) in [6.07, 6.45) is 0.858. The number of aromatic nitrogens is 2. The lowest BCUT2D eigenvalue weighted by Crippen LogP contribution is -2.41. The van der Waals surface area contributed by atoms with E-state index in [2.05, 4.69) is 17.4 Å². The zero-order valence-corrected chi connectivity index (χ0v) is 12.2. The topological polar surface area (TPSA) is 55.0 Å². The van der Waals surface area contributed by atoms with Gasteiger partial charge in [-0.15, -0.1) is 12.4 Å². The Kier molecular flexibility index (Phi) is 4.95. The number of hydrogen-bond acceptors (Lipinski definition) is 2. The number of hydrogen-bond donors (Lipinski definition) is 1. The van der Waals surface area contributed by atoms with E-state index in [4.69, 9.17) is 9.93 Å². The highest BCUT2D eigenvalue weighted by Gasteiger charge is 2.14. The van der Waals surface area contributed by atoms with E-state index < -0.39 is 0 Å². The van der Waals surface area contributed by atoms with E-state index in [0.717, 1.165) is 17.7 Å². The van der Waals surface area contributed by atoms with Gasteiger partial charge in [-0.2, -0.15) is 0 Å². The number of nitrogens with one attached hydrogen (secondary N) is 1. The zero-order chi connectivity index (χ0) is 13.8. The van der Waals surface area contributed by atoms with Crippen LogP contribution < -0.4 is 15.5 Å². The zero-order valence-electron chi connectivity index (χ0n) is 11.4. The third kappa shape index (κ3) is 3.41. The minimum Gasteiger partial charge on any atom is -0.486 e. The van der Waals surface area contributed by atoms with Crippen LogP contribution in [0, 0.1) is 5.41 Å². The largest absolute Gasteiger partial charge is 0.486 e. The summed E-state index contributed by atoms with van der Waals surface area (Å²) in [4.78, 5) is 0. The van der Waals surface area contributed by atoms with Gasteiger partial charge in [-0.25, -0.2) is 4.68 Å². The Balaban J connectivity index is 0.00000161. The number of aryl methyl sites for hydroxylation is 2. The molecule has 0 spiro atoms. The maximum atomic E-state index is 7.86. The lowest BCUT2D eigenvalue weighted by Gasteiger charge is -2.02. The number of halogens is 1. The van der Waals surface area contributed by atoms with E-state index in [0.29, 0.717) is 6.54 Å². The molecule has 4 nitrogen and oxygen atoms in total. The van der Waals surface area contributed by atoms with Gasteiger partial charge in [-0.3, -0.25) is 10.7 Å². The molecule has 0 aliphatic heterocycles. The number of nitrogens with zero attached hydrogens (tertiary/aromatic N) is 2. The van der Waals surface area contributed by atoms with Crippen molar-refractivity contribution in [3.63, 3.8) is 0 Å². The van der Waals surface area contributed by atoms with E-state index in [9.17, 15) is 0 Å². The van der Waals surface area contributed by atoms with Crippen molar-refractivity contribution >= 4 is 12.4 Å². The molecule has 0 bridgehead atoms. The van der Waals surface area contributed by atoms with Crippen LogP contribution in [0.15, 0.2) is 65.2 Å². The lowest BCUT2D eigenvalue weighted by molar-refractivity contribution is -0.757. The van der Waals surface area contributed by atoms with Crippen molar-refractivity contribution in [1.82, 2.24) is 5.27 Å². The van der Waals surface area contributed by atoms with Gasteiger partial charge >= 0.3 is 0 Å². The van der Waals surface area contributed by atoms with Crippen LogP contribution in [-0.4, -0.2) is 0 Å². The minimum absolute atomic E-state index is 0. The Morgan fingerprint density at radius 1 is 0.952 bits per heavy atom. The molecule has 3 rings (SSSR count). The monoisotopic (exact) mass is 301 g/mol. The smallest absolute Gasteiger partial charge is 0.273 e. The van der Waals surface area contributed by atoms with Gasteiger partial charge < -0.3 is 4.52 Å². The molecule has 0 unspecified atom stereocenters. The number of benzene rings is 2. The summed E-state index contributed by atoms with van der Waals surface area (Å²) in [5.41, 5.74) is 3.02. The van der Waals surface area contributed by atoms with Gasteiger partial charge in [0.1, 0.15) is 6.54 Å². The molecule has 1 heterocycles. The first kappa shape index (κ1) is 15.1. The van der Waals surface area contributed by atoms with Gasteiger partial charge in [0.2, 0.25) is 0 Å². The summed E-state index contributed by atoms with van der Waals surface area (Å²) < 4.78 is 6.77. The van der Waals surface area contributed by atoms with E-state index >= 15 is 0 Å². The quantitative estimate of drug-likeness (QED) is 0.752. The fraction of sp³-hybridized carbons (Fsp3) is 0.125. The Bertz CT molecular complexity index is 735. The first-order chi connectivity index (χ1) is 9.84. The van der Waals surface area contributed by atoms with Crippen LogP contribution in [-0.2, 0) is 13.0 Å². The Morgan fingerprint density at radius 3 is 2.24 bits per heavy atom. The first-order valence-electron chi connectivity index (χ1n) is 6.55. The third-order valence-corrected chi connectivity index (χ3v) is 3.21. The summed E-state index contributed by atoms with van der Waals surface area (Å²) in [6.45, 7) is 0.691. The summed E-state index contributed by atoms with van der Waals surface area (Å²) in [5, 5.41) is 11.8. The molecule has 0 fully saturated rings. The van der Waals surface area contributed by atoms with Crippen molar-refractivity contribution in [2.75, 3.05) is 0 Å². The highest BCUT2D eigenvalue weighted by molar-refractivity contribution is 5.85. The van der Waals surface area contributed by atoms with E-state index in [-0.39, 0.29) is 18.0 Å². The molecule has 0 aliphatic carbocycles.